The van der Waals surface area contributed by atoms with Crippen LogP contribution in [0.5, 0.6) is 0 Å². The van der Waals surface area contributed by atoms with Gasteiger partial charge in [-0.2, -0.15) is 0 Å². The van der Waals surface area contributed by atoms with E-state index in [0.717, 1.165) is 17.9 Å². The van der Waals surface area contributed by atoms with Gasteiger partial charge >= 0.3 is 6.09 Å². The fourth-order valence-corrected chi connectivity index (χ4v) is 3.53. The molecule has 2 aliphatic rings. The lowest BCUT2D eigenvalue weighted by atomic mass is 10.2. The summed E-state index contributed by atoms with van der Waals surface area (Å²) in [6.45, 7) is 6.78. The highest BCUT2D eigenvalue weighted by Gasteiger charge is 2.43. The second kappa shape index (κ2) is 7.30. The van der Waals surface area contributed by atoms with Crippen LogP contribution in [0.15, 0.2) is 12.4 Å². The number of anilines is 1. The molecule has 0 aliphatic carbocycles. The topological polar surface area (TPSA) is 88.1 Å². The second-order valence-electron chi connectivity index (χ2n) is 7.93. The van der Waals surface area contributed by atoms with Gasteiger partial charge in [0.15, 0.2) is 0 Å². The molecule has 2 aliphatic heterocycles. The molecule has 0 spiro atoms. The molecule has 3 rings (SSSR count). The van der Waals surface area contributed by atoms with Gasteiger partial charge in [0.2, 0.25) is 5.95 Å². The smallest absolute Gasteiger partial charge is 0.410 e. The van der Waals surface area contributed by atoms with E-state index < -0.39 is 5.60 Å². The van der Waals surface area contributed by atoms with Crippen LogP contribution in [0.4, 0.5) is 10.7 Å². The van der Waals surface area contributed by atoms with E-state index >= 15 is 0 Å². The van der Waals surface area contributed by atoms with E-state index in [1.54, 1.807) is 4.90 Å². The quantitative estimate of drug-likeness (QED) is 0.741. The Labute approximate surface area is 159 Å². The van der Waals surface area contributed by atoms with Crippen LogP contribution < -0.4 is 4.90 Å². The molecule has 9 heteroatoms. The monoisotopic (exact) mass is 377 g/mol. The van der Waals surface area contributed by atoms with Gasteiger partial charge in [0.05, 0.1) is 24.8 Å². The summed E-state index contributed by atoms with van der Waals surface area (Å²) in [6.07, 6.45) is 4.70. The standard InChI is InChI=1S/C18H27N5O4/c1-18(2,3)27-17(25)22-10-13-6-7-14(11-22)23(13)16-19-8-12(9-20-16)15(24)21(4)26-5/h8-9,13-14H,6-7,10-11H2,1-5H3. The van der Waals surface area contributed by atoms with Crippen molar-refractivity contribution in [2.24, 2.45) is 0 Å². The number of fused-ring (bicyclic) bond motifs is 2. The number of amides is 2. The first-order valence-electron chi connectivity index (χ1n) is 9.10. The van der Waals surface area contributed by atoms with Crippen molar-refractivity contribution in [3.8, 4) is 0 Å². The van der Waals surface area contributed by atoms with Gasteiger partial charge in [-0.05, 0) is 33.6 Å². The van der Waals surface area contributed by atoms with Crippen LogP contribution >= 0.6 is 0 Å². The van der Waals surface area contributed by atoms with Gasteiger partial charge in [-0.1, -0.05) is 0 Å². The minimum atomic E-state index is -0.506. The average molecular weight is 377 g/mol. The molecule has 9 nitrogen and oxygen atoms in total. The molecule has 2 amide bonds. The number of rotatable bonds is 3. The first-order chi connectivity index (χ1) is 12.7. The summed E-state index contributed by atoms with van der Waals surface area (Å²) in [5, 5.41) is 1.13. The number of hydrogen-bond donors (Lipinski definition) is 0. The second-order valence-corrected chi connectivity index (χ2v) is 7.93. The van der Waals surface area contributed by atoms with Crippen molar-refractivity contribution in [2.75, 3.05) is 32.1 Å². The SMILES string of the molecule is CON(C)C(=O)c1cnc(N2C3CCC2CN(C(=O)OC(C)(C)C)C3)nc1. The number of piperazine rings is 1. The number of carbonyl (C=O) groups is 2. The molecule has 1 aromatic heterocycles. The fourth-order valence-electron chi connectivity index (χ4n) is 3.53. The van der Waals surface area contributed by atoms with Crippen molar-refractivity contribution >= 4 is 17.9 Å². The van der Waals surface area contributed by atoms with Gasteiger partial charge < -0.3 is 14.5 Å². The zero-order valence-electron chi connectivity index (χ0n) is 16.5. The van der Waals surface area contributed by atoms with Crippen LogP contribution in [0.1, 0.15) is 44.0 Å². The minimum Gasteiger partial charge on any atom is -0.444 e. The minimum absolute atomic E-state index is 0.152. The molecule has 0 aromatic carbocycles. The Morgan fingerprint density at radius 2 is 1.70 bits per heavy atom. The van der Waals surface area contributed by atoms with Crippen LogP contribution in [0.3, 0.4) is 0 Å². The summed E-state index contributed by atoms with van der Waals surface area (Å²) in [7, 11) is 2.96. The van der Waals surface area contributed by atoms with Crippen molar-refractivity contribution in [3.05, 3.63) is 18.0 Å². The summed E-state index contributed by atoms with van der Waals surface area (Å²) in [4.78, 5) is 42.1. The highest BCUT2D eigenvalue weighted by atomic mass is 16.7. The normalized spacial score (nSPS) is 22.0. The van der Waals surface area contributed by atoms with Crippen molar-refractivity contribution in [1.82, 2.24) is 19.9 Å². The van der Waals surface area contributed by atoms with Crippen LogP contribution in [-0.4, -0.2) is 76.9 Å². The van der Waals surface area contributed by atoms with E-state index in [2.05, 4.69) is 14.9 Å². The number of nitrogens with zero attached hydrogens (tertiary/aromatic N) is 5. The third-order valence-electron chi connectivity index (χ3n) is 4.81. The molecule has 2 atom stereocenters. The number of hydroxylamine groups is 2. The van der Waals surface area contributed by atoms with Crippen LogP contribution in [0.2, 0.25) is 0 Å². The molecule has 0 N–H and O–H groups in total. The molecule has 27 heavy (non-hydrogen) atoms. The van der Waals surface area contributed by atoms with E-state index in [0.29, 0.717) is 24.6 Å². The van der Waals surface area contributed by atoms with Crippen molar-refractivity contribution in [2.45, 2.75) is 51.3 Å². The zero-order valence-corrected chi connectivity index (χ0v) is 16.5. The third-order valence-corrected chi connectivity index (χ3v) is 4.81. The van der Waals surface area contributed by atoms with Gasteiger partial charge in [0.1, 0.15) is 5.60 Å². The number of ether oxygens (including phenoxy) is 1. The number of aromatic nitrogens is 2. The summed E-state index contributed by atoms with van der Waals surface area (Å²) >= 11 is 0. The number of hydrogen-bond acceptors (Lipinski definition) is 7. The van der Waals surface area contributed by atoms with Gasteiger partial charge in [-0.15, -0.1) is 0 Å². The molecular formula is C18H27N5O4. The lowest BCUT2D eigenvalue weighted by Gasteiger charge is -2.41. The molecule has 3 heterocycles. The first-order valence-corrected chi connectivity index (χ1v) is 9.10. The maximum absolute atomic E-state index is 12.4. The predicted molar refractivity (Wildman–Crippen MR) is 98.2 cm³/mol. The van der Waals surface area contributed by atoms with Gasteiger partial charge in [0, 0.05) is 32.5 Å². The highest BCUT2D eigenvalue weighted by Crippen LogP contribution is 2.33. The summed E-state index contributed by atoms with van der Waals surface area (Å²) in [6, 6.07) is 0.305. The molecule has 2 bridgehead atoms. The van der Waals surface area contributed by atoms with Gasteiger partial charge in [-0.25, -0.2) is 19.8 Å². The summed E-state index contributed by atoms with van der Waals surface area (Å²) in [5.41, 5.74) is -0.142. The first kappa shape index (κ1) is 19.3. The Hall–Kier alpha value is -2.42. The van der Waals surface area contributed by atoms with Crippen LogP contribution in [0, 0.1) is 0 Å². The molecule has 0 saturated carbocycles. The van der Waals surface area contributed by atoms with Gasteiger partial charge in [0.25, 0.3) is 5.91 Å². The third kappa shape index (κ3) is 4.13. The van der Waals surface area contributed by atoms with E-state index in [-0.39, 0.29) is 24.1 Å². The van der Waals surface area contributed by atoms with Crippen molar-refractivity contribution < 1.29 is 19.2 Å². The molecule has 0 radical (unpaired) electrons. The van der Waals surface area contributed by atoms with Crippen molar-refractivity contribution in [3.63, 3.8) is 0 Å². The van der Waals surface area contributed by atoms with E-state index in [4.69, 9.17) is 9.57 Å². The Morgan fingerprint density at radius 3 is 2.19 bits per heavy atom. The van der Waals surface area contributed by atoms with Crippen LogP contribution in [0.25, 0.3) is 0 Å². The highest BCUT2D eigenvalue weighted by molar-refractivity contribution is 5.92. The lowest BCUT2D eigenvalue weighted by molar-refractivity contribution is -0.0757. The molecule has 2 unspecified atom stereocenters. The van der Waals surface area contributed by atoms with Crippen molar-refractivity contribution in [1.29, 1.82) is 0 Å². The molecule has 2 saturated heterocycles. The molecular weight excluding hydrogens is 350 g/mol. The van der Waals surface area contributed by atoms with Crippen LogP contribution in [-0.2, 0) is 9.57 Å². The molecule has 2 fully saturated rings. The fraction of sp³-hybridized carbons (Fsp3) is 0.667. The maximum Gasteiger partial charge on any atom is 0.410 e. The Morgan fingerprint density at radius 1 is 1.15 bits per heavy atom. The summed E-state index contributed by atoms with van der Waals surface area (Å²) < 4.78 is 5.50. The molecule has 1 aromatic rings. The largest absolute Gasteiger partial charge is 0.444 e. The number of likely N-dealkylation sites (tertiary alicyclic amines) is 1. The van der Waals surface area contributed by atoms with E-state index in [1.807, 2.05) is 20.8 Å². The zero-order chi connectivity index (χ0) is 19.8. The average Bonchev–Trinajstić information content (AvgIpc) is 2.88. The maximum atomic E-state index is 12.4. The predicted octanol–water partition coefficient (Wildman–Crippen LogP) is 1.70. The molecule has 148 valence electrons. The van der Waals surface area contributed by atoms with E-state index in [9.17, 15) is 9.59 Å². The Bertz CT molecular complexity index is 689. The number of carbonyl (C=O) groups excluding carboxylic acids is 2. The van der Waals surface area contributed by atoms with E-state index in [1.165, 1.54) is 26.6 Å². The Balaban J connectivity index is 1.69. The van der Waals surface area contributed by atoms with Gasteiger partial charge in [-0.3, -0.25) is 9.63 Å². The Kier molecular flexibility index (Phi) is 5.23. The summed E-state index contributed by atoms with van der Waals surface area (Å²) in [5.74, 6) is 0.282. The lowest BCUT2D eigenvalue weighted by Crippen LogP contribution is -2.56.